The molecule has 2 unspecified atom stereocenters. The Morgan fingerprint density at radius 2 is 1.32 bits per heavy atom. The fourth-order valence-electron chi connectivity index (χ4n) is 3.15. The van der Waals surface area contributed by atoms with E-state index in [-0.39, 0.29) is 13.2 Å². The van der Waals surface area contributed by atoms with Crippen LogP contribution in [-0.4, -0.2) is 29.9 Å². The van der Waals surface area contributed by atoms with E-state index < -0.39 is 18.2 Å². The summed E-state index contributed by atoms with van der Waals surface area (Å²) in [5.74, 6) is 0. The van der Waals surface area contributed by atoms with Gasteiger partial charge in [0.25, 0.3) is 0 Å². The monoisotopic (exact) mass is 419 g/mol. The Morgan fingerprint density at radius 1 is 0.774 bits per heavy atom. The molecule has 162 valence electrons. The Kier molecular flexibility index (Phi) is 9.07. The molecule has 0 aromatic heterocycles. The molecule has 3 aromatic carbocycles. The zero-order valence-corrected chi connectivity index (χ0v) is 17.4. The van der Waals surface area contributed by atoms with Gasteiger partial charge < -0.3 is 15.2 Å². The number of hydrazine groups is 1. The van der Waals surface area contributed by atoms with Gasteiger partial charge in [0.15, 0.2) is 0 Å². The first-order valence-corrected chi connectivity index (χ1v) is 10.4. The summed E-state index contributed by atoms with van der Waals surface area (Å²) in [6.45, 7) is 1.07. The second kappa shape index (κ2) is 12.5. The molecule has 0 aliphatic carbocycles. The lowest BCUT2D eigenvalue weighted by atomic mass is 10.0. The van der Waals surface area contributed by atoms with Gasteiger partial charge in [-0.2, -0.15) is 0 Å². The van der Waals surface area contributed by atoms with Crippen molar-refractivity contribution in [3.8, 4) is 0 Å². The number of ether oxygens (including phenoxy) is 1. The number of rotatable bonds is 11. The summed E-state index contributed by atoms with van der Waals surface area (Å²) in [5.41, 5.74) is 9.20. The number of aliphatic hydroxyl groups excluding tert-OH is 1. The van der Waals surface area contributed by atoms with Crippen LogP contribution in [0.1, 0.15) is 16.7 Å². The fourth-order valence-corrected chi connectivity index (χ4v) is 3.15. The van der Waals surface area contributed by atoms with Gasteiger partial charge in [-0.15, -0.1) is 0 Å². The standard InChI is InChI=1S/C25H29N3O3/c29-24(18-27-26-17-21-12-6-2-7-13-21)23(16-20-10-4-1-5-11-20)28-25(30)31-19-22-14-8-3-9-15-22/h1-15,23-24,26-27,29H,16-19H2,(H,28,30). The maximum atomic E-state index is 12.4. The van der Waals surface area contributed by atoms with Crippen LogP contribution < -0.4 is 16.2 Å². The Balaban J connectivity index is 1.51. The molecule has 0 aliphatic rings. The maximum absolute atomic E-state index is 12.4. The number of carbonyl (C=O) groups excluding carboxylic acids is 1. The molecule has 1 amide bonds. The van der Waals surface area contributed by atoms with Crippen molar-refractivity contribution in [2.24, 2.45) is 0 Å². The van der Waals surface area contributed by atoms with E-state index in [4.69, 9.17) is 4.74 Å². The molecule has 0 heterocycles. The first-order chi connectivity index (χ1) is 15.2. The zero-order chi connectivity index (χ0) is 21.7. The SMILES string of the molecule is O=C(NC(Cc1ccccc1)C(O)CNNCc1ccccc1)OCc1ccccc1. The van der Waals surface area contributed by atoms with Crippen LogP contribution in [0.2, 0.25) is 0 Å². The fraction of sp³-hybridized carbons (Fsp3) is 0.240. The average molecular weight is 420 g/mol. The third kappa shape index (κ3) is 8.22. The molecular formula is C25H29N3O3. The van der Waals surface area contributed by atoms with Crippen molar-refractivity contribution < 1.29 is 14.6 Å². The van der Waals surface area contributed by atoms with Gasteiger partial charge in [-0.3, -0.25) is 10.9 Å². The van der Waals surface area contributed by atoms with Gasteiger partial charge in [0.1, 0.15) is 6.61 Å². The quantitative estimate of drug-likeness (QED) is 0.283. The van der Waals surface area contributed by atoms with Crippen molar-refractivity contribution >= 4 is 6.09 Å². The lowest BCUT2D eigenvalue weighted by Crippen LogP contribution is -2.50. The molecule has 2 atom stereocenters. The van der Waals surface area contributed by atoms with Crippen LogP contribution in [0.25, 0.3) is 0 Å². The van der Waals surface area contributed by atoms with E-state index in [1.807, 2.05) is 91.0 Å². The van der Waals surface area contributed by atoms with Crippen molar-refractivity contribution in [3.63, 3.8) is 0 Å². The second-order valence-electron chi connectivity index (χ2n) is 7.29. The summed E-state index contributed by atoms with van der Waals surface area (Å²) >= 11 is 0. The summed E-state index contributed by atoms with van der Waals surface area (Å²) in [6, 6.07) is 28.7. The molecule has 0 fully saturated rings. The number of carbonyl (C=O) groups is 1. The Morgan fingerprint density at radius 3 is 1.94 bits per heavy atom. The molecule has 3 aromatic rings. The predicted octanol–water partition coefficient (Wildman–Crippen LogP) is 3.18. The van der Waals surface area contributed by atoms with E-state index in [9.17, 15) is 9.90 Å². The first kappa shape index (κ1) is 22.5. The minimum Gasteiger partial charge on any atom is -0.445 e. The lowest BCUT2D eigenvalue weighted by molar-refractivity contribution is 0.0983. The largest absolute Gasteiger partial charge is 0.445 e. The average Bonchev–Trinajstić information content (AvgIpc) is 2.82. The molecule has 0 saturated carbocycles. The van der Waals surface area contributed by atoms with E-state index in [1.54, 1.807) is 0 Å². The third-order valence-corrected chi connectivity index (χ3v) is 4.85. The highest BCUT2D eigenvalue weighted by Crippen LogP contribution is 2.08. The molecular weight excluding hydrogens is 390 g/mol. The van der Waals surface area contributed by atoms with Crippen LogP contribution in [0.3, 0.4) is 0 Å². The van der Waals surface area contributed by atoms with Crippen LogP contribution in [0, 0.1) is 0 Å². The molecule has 0 radical (unpaired) electrons. The molecule has 6 heteroatoms. The lowest BCUT2D eigenvalue weighted by Gasteiger charge is -2.24. The van der Waals surface area contributed by atoms with Gasteiger partial charge in [-0.05, 0) is 23.1 Å². The smallest absolute Gasteiger partial charge is 0.407 e. The number of amides is 1. The van der Waals surface area contributed by atoms with Crippen molar-refractivity contribution in [2.75, 3.05) is 6.54 Å². The van der Waals surface area contributed by atoms with Gasteiger partial charge in [-0.1, -0.05) is 91.0 Å². The minimum absolute atomic E-state index is 0.178. The van der Waals surface area contributed by atoms with Crippen molar-refractivity contribution in [3.05, 3.63) is 108 Å². The van der Waals surface area contributed by atoms with Gasteiger partial charge in [-0.25, -0.2) is 4.79 Å². The molecule has 6 nitrogen and oxygen atoms in total. The molecule has 31 heavy (non-hydrogen) atoms. The normalized spacial score (nSPS) is 12.7. The predicted molar refractivity (Wildman–Crippen MR) is 121 cm³/mol. The van der Waals surface area contributed by atoms with E-state index in [1.165, 1.54) is 0 Å². The van der Waals surface area contributed by atoms with Crippen LogP contribution >= 0.6 is 0 Å². The number of alkyl carbamates (subject to hydrolysis) is 1. The van der Waals surface area contributed by atoms with Crippen molar-refractivity contribution in [2.45, 2.75) is 31.7 Å². The summed E-state index contributed by atoms with van der Waals surface area (Å²) < 4.78 is 5.33. The maximum Gasteiger partial charge on any atom is 0.407 e. The first-order valence-electron chi connectivity index (χ1n) is 10.4. The number of aliphatic hydroxyl groups is 1. The third-order valence-electron chi connectivity index (χ3n) is 4.85. The highest BCUT2D eigenvalue weighted by atomic mass is 16.5. The minimum atomic E-state index is -0.812. The number of nitrogens with one attached hydrogen (secondary N) is 3. The van der Waals surface area contributed by atoms with Crippen LogP contribution in [-0.2, 0) is 24.3 Å². The van der Waals surface area contributed by atoms with E-state index in [0.717, 1.165) is 16.7 Å². The van der Waals surface area contributed by atoms with Crippen molar-refractivity contribution in [1.29, 1.82) is 0 Å². The topological polar surface area (TPSA) is 82.6 Å². The Bertz CT molecular complexity index is 892. The van der Waals surface area contributed by atoms with Crippen LogP contribution in [0.5, 0.6) is 0 Å². The zero-order valence-electron chi connectivity index (χ0n) is 17.4. The Labute approximate surface area is 183 Å². The summed E-state index contributed by atoms with van der Waals surface area (Å²) in [4.78, 5) is 12.4. The van der Waals surface area contributed by atoms with Gasteiger partial charge in [0, 0.05) is 13.1 Å². The molecule has 0 aliphatic heterocycles. The van der Waals surface area contributed by atoms with Gasteiger partial charge in [0.2, 0.25) is 0 Å². The van der Waals surface area contributed by atoms with Crippen LogP contribution in [0.15, 0.2) is 91.0 Å². The number of hydrogen-bond donors (Lipinski definition) is 4. The number of hydrogen-bond acceptors (Lipinski definition) is 5. The molecule has 0 saturated heterocycles. The molecule has 0 bridgehead atoms. The van der Waals surface area contributed by atoms with Gasteiger partial charge in [0.05, 0.1) is 12.1 Å². The highest BCUT2D eigenvalue weighted by molar-refractivity contribution is 5.67. The summed E-state index contributed by atoms with van der Waals surface area (Å²) in [6.07, 6.45) is -0.878. The highest BCUT2D eigenvalue weighted by Gasteiger charge is 2.22. The van der Waals surface area contributed by atoms with Gasteiger partial charge >= 0.3 is 6.09 Å². The van der Waals surface area contributed by atoms with Crippen LogP contribution in [0.4, 0.5) is 4.79 Å². The van der Waals surface area contributed by atoms with E-state index in [2.05, 4.69) is 16.2 Å². The van der Waals surface area contributed by atoms with E-state index >= 15 is 0 Å². The van der Waals surface area contributed by atoms with E-state index in [0.29, 0.717) is 13.0 Å². The second-order valence-corrected chi connectivity index (χ2v) is 7.29. The Hall–Kier alpha value is -3.19. The summed E-state index contributed by atoms with van der Waals surface area (Å²) in [7, 11) is 0. The molecule has 3 rings (SSSR count). The molecule has 4 N–H and O–H groups in total. The summed E-state index contributed by atoms with van der Waals surface area (Å²) in [5, 5.41) is 13.5. The molecule has 0 spiro atoms. The van der Waals surface area contributed by atoms with Crippen molar-refractivity contribution in [1.82, 2.24) is 16.2 Å². The number of benzene rings is 3.